The lowest BCUT2D eigenvalue weighted by molar-refractivity contribution is 0.0899. The molecule has 0 radical (unpaired) electrons. The largest absolute Gasteiger partial charge is 0.481 e. The second-order valence-corrected chi connectivity index (χ2v) is 15.1. The maximum atomic E-state index is 10.4. The van der Waals surface area contributed by atoms with E-state index in [4.69, 9.17) is 42.1 Å². The highest BCUT2D eigenvalue weighted by atomic mass is 35.5. The Morgan fingerprint density at radius 3 is 1.41 bits per heavy atom. The smallest absolute Gasteiger partial charge is 0.236 e. The van der Waals surface area contributed by atoms with Crippen molar-refractivity contribution < 1.29 is 29.2 Å². The normalized spacial score (nSPS) is 20.1. The summed E-state index contributed by atoms with van der Waals surface area (Å²) in [6.45, 7) is 5.67. The predicted octanol–water partition coefficient (Wildman–Crippen LogP) is 8.03. The maximum Gasteiger partial charge on any atom is 0.236 e. The van der Waals surface area contributed by atoms with Gasteiger partial charge in [-0.05, 0) is 85.0 Å². The topological polar surface area (TPSA) is 127 Å². The Hall–Kier alpha value is -3.64. The Morgan fingerprint density at radius 1 is 0.611 bits per heavy atom. The van der Waals surface area contributed by atoms with Gasteiger partial charge in [0, 0.05) is 36.3 Å². The number of aromatic nitrogens is 2. The van der Waals surface area contributed by atoms with Crippen LogP contribution >= 0.6 is 23.2 Å². The molecule has 2 saturated carbocycles. The SMILES string of the molecule is COc1nc(OCc2cccc(-c3cccc(COc4nc(OC)c(CNC5CCCC[C@H]5O)cc4Cl)c3C)c2C)c(Cl)cc1CNC1CCCCC1O. The molecule has 2 aliphatic rings. The summed E-state index contributed by atoms with van der Waals surface area (Å²) in [5.74, 6) is 1.47. The van der Waals surface area contributed by atoms with Gasteiger partial charge in [-0.1, -0.05) is 85.3 Å². The van der Waals surface area contributed by atoms with Crippen molar-refractivity contribution in [1.29, 1.82) is 0 Å². The van der Waals surface area contributed by atoms with Gasteiger partial charge in [-0.3, -0.25) is 0 Å². The van der Waals surface area contributed by atoms with E-state index in [-0.39, 0.29) is 37.5 Å². The van der Waals surface area contributed by atoms with Crippen LogP contribution in [0.2, 0.25) is 10.0 Å². The molecule has 4 aromatic rings. The summed E-state index contributed by atoms with van der Waals surface area (Å²) in [5.41, 5.74) is 7.93. The van der Waals surface area contributed by atoms with E-state index in [1.165, 1.54) is 0 Å². The van der Waals surface area contributed by atoms with Crippen molar-refractivity contribution in [2.45, 2.75) is 116 Å². The number of benzene rings is 2. The molecule has 0 saturated heterocycles. The fourth-order valence-corrected chi connectivity index (χ4v) is 7.99. The Morgan fingerprint density at radius 2 is 1.02 bits per heavy atom. The third kappa shape index (κ3) is 9.59. The average molecular weight is 780 g/mol. The average Bonchev–Trinajstić information content (AvgIpc) is 3.17. The summed E-state index contributed by atoms with van der Waals surface area (Å²) in [6.07, 6.45) is 7.10. The van der Waals surface area contributed by atoms with E-state index < -0.39 is 0 Å². The molecule has 12 heteroatoms. The molecule has 2 aromatic carbocycles. The molecule has 10 nitrogen and oxygen atoms in total. The number of halogens is 2. The number of rotatable bonds is 15. The number of nitrogens with zero attached hydrogens (tertiary/aromatic N) is 2. The minimum absolute atomic E-state index is 0.0401. The van der Waals surface area contributed by atoms with Gasteiger partial charge in [0.15, 0.2) is 0 Å². The van der Waals surface area contributed by atoms with Crippen molar-refractivity contribution in [3.63, 3.8) is 0 Å². The fourth-order valence-electron chi connectivity index (χ4n) is 7.53. The summed E-state index contributed by atoms with van der Waals surface area (Å²) in [4.78, 5) is 9.19. The zero-order valence-corrected chi connectivity index (χ0v) is 33.1. The van der Waals surface area contributed by atoms with Crippen LogP contribution in [0.3, 0.4) is 0 Å². The van der Waals surface area contributed by atoms with Gasteiger partial charge >= 0.3 is 0 Å². The Kier molecular flexibility index (Phi) is 13.9. The van der Waals surface area contributed by atoms with Crippen molar-refractivity contribution in [1.82, 2.24) is 20.6 Å². The number of hydrogen-bond acceptors (Lipinski definition) is 10. The molecule has 6 rings (SSSR count). The summed E-state index contributed by atoms with van der Waals surface area (Å²) in [7, 11) is 3.16. The molecule has 290 valence electrons. The first-order valence-corrected chi connectivity index (χ1v) is 19.6. The van der Waals surface area contributed by atoms with Crippen LogP contribution in [0.4, 0.5) is 0 Å². The molecular formula is C42H52Cl2N4O6. The molecule has 4 atom stereocenters. The molecule has 4 N–H and O–H groups in total. The minimum Gasteiger partial charge on any atom is -0.481 e. The molecule has 0 amide bonds. The number of hydrogen-bond donors (Lipinski definition) is 4. The van der Waals surface area contributed by atoms with Gasteiger partial charge < -0.3 is 39.8 Å². The summed E-state index contributed by atoms with van der Waals surface area (Å²) in [5, 5.41) is 28.4. The first-order valence-electron chi connectivity index (χ1n) is 18.9. The molecule has 0 aliphatic heterocycles. The molecule has 0 bridgehead atoms. The van der Waals surface area contributed by atoms with E-state index in [0.717, 1.165) is 95.9 Å². The lowest BCUT2D eigenvalue weighted by Gasteiger charge is -2.28. The zero-order valence-electron chi connectivity index (χ0n) is 31.6. The van der Waals surface area contributed by atoms with Crippen LogP contribution in [0.15, 0.2) is 48.5 Å². The highest BCUT2D eigenvalue weighted by molar-refractivity contribution is 6.32. The zero-order chi connectivity index (χ0) is 38.2. The van der Waals surface area contributed by atoms with Crippen molar-refractivity contribution >= 4 is 23.2 Å². The summed E-state index contributed by atoms with van der Waals surface area (Å²) < 4.78 is 23.6. The van der Waals surface area contributed by atoms with Crippen LogP contribution in [0.25, 0.3) is 11.1 Å². The Balaban J connectivity index is 1.12. The third-order valence-electron chi connectivity index (χ3n) is 10.8. The number of nitrogens with one attached hydrogen (secondary N) is 2. The van der Waals surface area contributed by atoms with E-state index in [1.54, 1.807) is 14.2 Å². The van der Waals surface area contributed by atoms with Crippen LogP contribution in [-0.2, 0) is 26.3 Å². The van der Waals surface area contributed by atoms with E-state index in [2.05, 4.69) is 46.6 Å². The molecule has 2 aliphatic carbocycles. The lowest BCUT2D eigenvalue weighted by atomic mass is 9.92. The van der Waals surface area contributed by atoms with Crippen LogP contribution in [0.1, 0.15) is 84.7 Å². The van der Waals surface area contributed by atoms with Crippen molar-refractivity contribution in [2.75, 3.05) is 14.2 Å². The molecule has 0 spiro atoms. The Bertz CT molecular complexity index is 1760. The van der Waals surface area contributed by atoms with Gasteiger partial charge in [0.25, 0.3) is 0 Å². The number of pyridine rings is 2. The number of ether oxygens (including phenoxy) is 4. The van der Waals surface area contributed by atoms with Crippen LogP contribution in [0.5, 0.6) is 23.5 Å². The third-order valence-corrected chi connectivity index (χ3v) is 11.4. The molecule has 2 fully saturated rings. The molecule has 2 aromatic heterocycles. The number of aliphatic hydroxyl groups excluding tert-OH is 2. The van der Waals surface area contributed by atoms with E-state index in [9.17, 15) is 10.2 Å². The quantitative estimate of drug-likeness (QED) is 0.0943. The van der Waals surface area contributed by atoms with Gasteiger partial charge in [0.05, 0.1) is 26.4 Å². The first kappa shape index (κ1) is 40.0. The number of aliphatic hydroxyl groups is 2. The van der Waals surface area contributed by atoms with Crippen molar-refractivity contribution in [3.8, 4) is 34.6 Å². The molecule has 3 unspecified atom stereocenters. The summed E-state index contributed by atoms with van der Waals surface area (Å²) >= 11 is 13.3. The number of methoxy groups -OCH3 is 2. The van der Waals surface area contributed by atoms with E-state index in [0.29, 0.717) is 46.7 Å². The van der Waals surface area contributed by atoms with Crippen molar-refractivity contribution in [3.05, 3.63) is 92.0 Å². The fraction of sp³-hybridized carbons (Fsp3) is 0.476. The highest BCUT2D eigenvalue weighted by Crippen LogP contribution is 2.35. The molecular weight excluding hydrogens is 727 g/mol. The maximum absolute atomic E-state index is 10.4. The van der Waals surface area contributed by atoms with Crippen molar-refractivity contribution in [2.24, 2.45) is 0 Å². The second kappa shape index (κ2) is 18.8. The molecule has 54 heavy (non-hydrogen) atoms. The minimum atomic E-state index is -0.352. The lowest BCUT2D eigenvalue weighted by Crippen LogP contribution is -2.41. The van der Waals surface area contributed by atoms with Gasteiger partial charge in [-0.25, -0.2) is 0 Å². The highest BCUT2D eigenvalue weighted by Gasteiger charge is 2.25. The van der Waals surface area contributed by atoms with Crippen LogP contribution in [0, 0.1) is 13.8 Å². The Labute approximate surface area is 328 Å². The van der Waals surface area contributed by atoms with Gasteiger partial charge in [-0.15, -0.1) is 0 Å². The first-order chi connectivity index (χ1) is 26.2. The van der Waals surface area contributed by atoms with Gasteiger partial charge in [0.1, 0.15) is 23.3 Å². The second-order valence-electron chi connectivity index (χ2n) is 14.3. The monoisotopic (exact) mass is 778 g/mol. The van der Waals surface area contributed by atoms with Crippen LogP contribution < -0.4 is 29.6 Å². The van der Waals surface area contributed by atoms with E-state index in [1.807, 2.05) is 36.4 Å². The van der Waals surface area contributed by atoms with E-state index >= 15 is 0 Å². The van der Waals surface area contributed by atoms with Gasteiger partial charge in [0.2, 0.25) is 23.5 Å². The van der Waals surface area contributed by atoms with Gasteiger partial charge in [-0.2, -0.15) is 9.97 Å². The molecule has 2 heterocycles. The standard InChI is InChI=1S/C42H52Cl2N4O6/c1-25-27(23-53-41-33(43)19-29(39(47-41)51-3)21-45-35-15-5-7-17-37(35)49)11-9-13-31(25)32-14-10-12-28(26(32)2)24-54-42-34(44)20-30(40(48-42)52-4)22-46-36-16-6-8-18-38(36)50/h9-14,19-20,35-38,45-46,49-50H,5-8,15-18,21-24H2,1-4H3/t35?,36?,37-,38?/m1/s1. The van der Waals surface area contributed by atoms with Crippen LogP contribution in [-0.4, -0.2) is 58.7 Å². The predicted molar refractivity (Wildman–Crippen MR) is 212 cm³/mol. The summed E-state index contributed by atoms with van der Waals surface area (Å²) in [6, 6.07) is 16.1.